The van der Waals surface area contributed by atoms with Crippen LogP contribution in [0.1, 0.15) is 30.5 Å². The number of carbonyl (C=O) groups is 1. The number of halogens is 1. The van der Waals surface area contributed by atoms with Crippen molar-refractivity contribution in [3.63, 3.8) is 0 Å². The Kier molecular flexibility index (Phi) is 8.95. The van der Waals surface area contributed by atoms with Crippen LogP contribution in [0, 0.1) is 20.8 Å². The molecule has 2 N–H and O–H groups in total. The molecule has 2 aromatic rings. The molecule has 0 bridgehead atoms. The number of amides is 2. The summed E-state index contributed by atoms with van der Waals surface area (Å²) in [5.41, 5.74) is 5.23. The van der Waals surface area contributed by atoms with Crippen molar-refractivity contribution in [3.05, 3.63) is 53.1 Å². The zero-order valence-corrected chi connectivity index (χ0v) is 17.5. The molecule has 0 fully saturated rings. The Balaban J connectivity index is 0.00000364. The molecule has 0 aromatic heterocycles. The average molecular weight is 391 g/mol. The highest BCUT2D eigenvalue weighted by molar-refractivity contribution is 5.90. The Hall–Kier alpha value is -2.40. The summed E-state index contributed by atoms with van der Waals surface area (Å²) in [6, 6.07) is 11.7. The van der Waals surface area contributed by atoms with Gasteiger partial charge in [0.05, 0.1) is 0 Å². The number of hydrogen-bond acceptors (Lipinski definition) is 3. The maximum absolute atomic E-state index is 12.1. The Labute approximate surface area is 168 Å². The lowest BCUT2D eigenvalue weighted by molar-refractivity contribution is -0.00000951. The van der Waals surface area contributed by atoms with Gasteiger partial charge in [0, 0.05) is 24.5 Å². The van der Waals surface area contributed by atoms with E-state index < -0.39 is 0 Å². The molecule has 0 aliphatic rings. The fraction of sp³-hybridized carbons (Fsp3) is 0.381. The van der Waals surface area contributed by atoms with E-state index in [0.29, 0.717) is 0 Å². The van der Waals surface area contributed by atoms with Crippen LogP contribution in [0.25, 0.3) is 0 Å². The normalized spacial score (nSPS) is 9.96. The summed E-state index contributed by atoms with van der Waals surface area (Å²) in [4.78, 5) is 14.4. The van der Waals surface area contributed by atoms with Gasteiger partial charge >= 0.3 is 6.03 Å². The van der Waals surface area contributed by atoms with Gasteiger partial charge in [-0.2, -0.15) is 0 Å². The molecule has 0 aliphatic carbocycles. The fourth-order valence-corrected chi connectivity index (χ4v) is 2.80. The molecule has 0 radical (unpaired) electrons. The maximum Gasteiger partial charge on any atom is 0.321 e. The van der Waals surface area contributed by atoms with Crippen molar-refractivity contribution in [3.8, 4) is 5.75 Å². The van der Waals surface area contributed by atoms with E-state index in [2.05, 4.69) is 35.4 Å². The molecule has 2 aromatic carbocycles. The summed E-state index contributed by atoms with van der Waals surface area (Å²) in [5, 5.41) is 5.61. The van der Waals surface area contributed by atoms with Gasteiger partial charge in [-0.15, -0.1) is 0 Å². The van der Waals surface area contributed by atoms with E-state index in [9.17, 15) is 4.79 Å². The number of hydrogen-bond donors (Lipinski definition) is 2. The van der Waals surface area contributed by atoms with E-state index in [1.54, 1.807) is 0 Å². The van der Waals surface area contributed by atoms with Crippen LogP contribution in [-0.2, 0) is 0 Å². The monoisotopic (exact) mass is 390 g/mol. The van der Waals surface area contributed by atoms with Crippen molar-refractivity contribution in [2.45, 2.75) is 34.6 Å². The predicted octanol–water partition coefficient (Wildman–Crippen LogP) is 1.62. The van der Waals surface area contributed by atoms with Crippen LogP contribution in [0.15, 0.2) is 36.4 Å². The quantitative estimate of drug-likeness (QED) is 0.706. The van der Waals surface area contributed by atoms with Crippen molar-refractivity contribution < 1.29 is 21.9 Å². The van der Waals surface area contributed by atoms with Crippen LogP contribution in [0.3, 0.4) is 0 Å². The van der Waals surface area contributed by atoms with Gasteiger partial charge in [0.25, 0.3) is 0 Å². The molecule has 0 atom stereocenters. The van der Waals surface area contributed by atoms with E-state index in [1.165, 1.54) is 0 Å². The van der Waals surface area contributed by atoms with Gasteiger partial charge in [0.2, 0.25) is 0 Å². The first-order valence-electron chi connectivity index (χ1n) is 9.05. The highest BCUT2D eigenvalue weighted by Crippen LogP contribution is 2.23. The molecule has 0 saturated heterocycles. The zero-order chi connectivity index (χ0) is 19.1. The second-order valence-electron chi connectivity index (χ2n) is 6.29. The molecule has 5 nitrogen and oxygen atoms in total. The van der Waals surface area contributed by atoms with Crippen molar-refractivity contribution >= 4 is 17.4 Å². The third kappa shape index (κ3) is 6.07. The van der Waals surface area contributed by atoms with Gasteiger partial charge < -0.3 is 32.7 Å². The number of aryl methyl sites for hydroxylation is 2. The van der Waals surface area contributed by atoms with Crippen LogP contribution in [0.5, 0.6) is 5.75 Å². The molecule has 0 saturated carbocycles. The summed E-state index contributed by atoms with van der Waals surface area (Å²) in [7, 11) is 0. The summed E-state index contributed by atoms with van der Waals surface area (Å²) in [6.07, 6.45) is 0. The smallest absolute Gasteiger partial charge is 0.321 e. The summed E-state index contributed by atoms with van der Waals surface area (Å²) >= 11 is 0. The summed E-state index contributed by atoms with van der Waals surface area (Å²) in [5.74, 6) is 0.782. The Bertz CT molecular complexity index is 761. The van der Waals surface area contributed by atoms with Gasteiger partial charge in [-0.25, -0.2) is 4.79 Å². The molecule has 0 aliphatic heterocycles. The number of urea groups is 1. The molecule has 2 amide bonds. The topological polar surface area (TPSA) is 53.6 Å². The van der Waals surface area contributed by atoms with Crippen LogP contribution >= 0.6 is 0 Å². The van der Waals surface area contributed by atoms with Crippen LogP contribution in [-0.4, -0.2) is 25.9 Å². The molecular formula is C21H29ClN3O2-. The zero-order valence-electron chi connectivity index (χ0n) is 16.7. The minimum atomic E-state index is -0.283. The third-order valence-electron chi connectivity index (χ3n) is 4.60. The minimum absolute atomic E-state index is 0. The molecule has 0 spiro atoms. The van der Waals surface area contributed by atoms with Crippen molar-refractivity contribution in [1.82, 2.24) is 5.32 Å². The summed E-state index contributed by atoms with van der Waals surface area (Å²) < 4.78 is 5.66. The highest BCUT2D eigenvalue weighted by atomic mass is 35.5. The van der Waals surface area contributed by atoms with E-state index >= 15 is 0 Å². The molecule has 148 valence electrons. The Morgan fingerprint density at radius 3 is 2.37 bits per heavy atom. The Morgan fingerprint density at radius 1 is 1.04 bits per heavy atom. The average Bonchev–Trinajstić information content (AvgIpc) is 2.62. The van der Waals surface area contributed by atoms with E-state index in [4.69, 9.17) is 4.74 Å². The lowest BCUT2D eigenvalue weighted by Gasteiger charge is -2.22. The lowest BCUT2D eigenvalue weighted by atomic mass is 10.1. The van der Waals surface area contributed by atoms with Gasteiger partial charge in [-0.1, -0.05) is 12.1 Å². The van der Waals surface area contributed by atoms with Gasteiger partial charge in [0.15, 0.2) is 6.73 Å². The highest BCUT2D eigenvalue weighted by Gasteiger charge is 2.08. The first-order chi connectivity index (χ1) is 12.5. The minimum Gasteiger partial charge on any atom is -1.00 e. The molecule has 27 heavy (non-hydrogen) atoms. The number of nitrogens with zero attached hydrogens (tertiary/aromatic N) is 1. The lowest BCUT2D eigenvalue weighted by Crippen LogP contribution is -3.00. The van der Waals surface area contributed by atoms with Crippen molar-refractivity contribution in [2.75, 3.05) is 30.0 Å². The van der Waals surface area contributed by atoms with Crippen molar-refractivity contribution in [2.24, 2.45) is 0 Å². The first-order valence-corrected chi connectivity index (χ1v) is 9.05. The second kappa shape index (κ2) is 10.7. The molecule has 6 heteroatoms. The summed E-state index contributed by atoms with van der Waals surface area (Å²) in [6.45, 7) is 12.3. The van der Waals surface area contributed by atoms with Gasteiger partial charge in [-0.3, -0.25) is 0 Å². The van der Waals surface area contributed by atoms with Gasteiger partial charge in [-0.05, 0) is 75.6 Å². The molecule has 0 unspecified atom stereocenters. The predicted molar refractivity (Wildman–Crippen MR) is 108 cm³/mol. The second-order valence-corrected chi connectivity index (χ2v) is 6.29. The maximum atomic E-state index is 12.1. The number of ether oxygens (including phenoxy) is 1. The van der Waals surface area contributed by atoms with E-state index in [1.807, 2.05) is 51.1 Å². The fourth-order valence-electron chi connectivity index (χ4n) is 2.80. The standard InChI is InChI=1S/C21H29N3O2.ClH/c1-6-24(7-2)18-11-12-19(16(4)13-18)23-21(25)22-14-26-20-10-8-9-15(3)17(20)5;/h8-13H,6-7,14H2,1-5H3,(H2,22,23,25);1H/p-1. The molecule has 2 rings (SSSR count). The van der Waals surface area contributed by atoms with Crippen molar-refractivity contribution in [1.29, 1.82) is 0 Å². The van der Waals surface area contributed by atoms with E-state index in [-0.39, 0.29) is 25.2 Å². The SMILES string of the molecule is CCN(CC)c1ccc(NC(=O)NCOc2cccc(C)c2C)c(C)c1.[Cl-]. The number of benzene rings is 2. The van der Waals surface area contributed by atoms with Crippen LogP contribution in [0.4, 0.5) is 16.2 Å². The number of nitrogens with one attached hydrogen (secondary N) is 2. The third-order valence-corrected chi connectivity index (χ3v) is 4.60. The first kappa shape index (κ1) is 22.6. The number of anilines is 2. The van der Waals surface area contributed by atoms with Crippen LogP contribution < -0.4 is 32.7 Å². The van der Waals surface area contributed by atoms with Crippen LogP contribution in [0.2, 0.25) is 0 Å². The Morgan fingerprint density at radius 2 is 1.74 bits per heavy atom. The number of rotatable bonds is 7. The van der Waals surface area contributed by atoms with Gasteiger partial charge in [0.1, 0.15) is 5.75 Å². The number of carbonyl (C=O) groups excluding carboxylic acids is 1. The van der Waals surface area contributed by atoms with E-state index in [0.717, 1.165) is 46.9 Å². The molecule has 0 heterocycles. The molecular weight excluding hydrogens is 362 g/mol. The largest absolute Gasteiger partial charge is 1.00 e.